The number of carbonyl (C=O) groups is 1. The lowest BCUT2D eigenvalue weighted by atomic mass is 9.51. The van der Waals surface area contributed by atoms with Gasteiger partial charge in [-0.25, -0.2) is 9.78 Å². The van der Waals surface area contributed by atoms with Crippen molar-refractivity contribution in [2.75, 3.05) is 13.7 Å². The highest BCUT2D eigenvalue weighted by molar-refractivity contribution is 7.09. The molecule has 22 heavy (non-hydrogen) atoms. The molecule has 0 bridgehead atoms. The summed E-state index contributed by atoms with van der Waals surface area (Å²) in [5.41, 5.74) is 1.17. The number of amides is 2. The van der Waals surface area contributed by atoms with Crippen LogP contribution in [0.15, 0.2) is 5.38 Å². The maximum atomic E-state index is 12.4. The molecule has 1 aromatic rings. The summed E-state index contributed by atoms with van der Waals surface area (Å²) in [6.45, 7) is 5.35. The average Bonchev–Trinajstić information content (AvgIpc) is 2.80. The lowest BCUT2D eigenvalue weighted by Gasteiger charge is -2.61. The molecule has 3 rings (SSSR count). The van der Waals surface area contributed by atoms with Gasteiger partial charge in [-0.1, -0.05) is 6.42 Å². The van der Waals surface area contributed by atoms with Gasteiger partial charge in [-0.3, -0.25) is 0 Å². The zero-order valence-electron chi connectivity index (χ0n) is 13.6. The lowest BCUT2D eigenvalue weighted by molar-refractivity contribution is -0.169. The van der Waals surface area contributed by atoms with Gasteiger partial charge in [0.2, 0.25) is 0 Å². The van der Waals surface area contributed by atoms with Crippen LogP contribution in [0.25, 0.3) is 0 Å². The molecule has 0 aliphatic heterocycles. The van der Waals surface area contributed by atoms with Crippen LogP contribution in [0.4, 0.5) is 4.79 Å². The number of carbonyl (C=O) groups excluding carboxylic acids is 1. The predicted octanol–water partition coefficient (Wildman–Crippen LogP) is 2.94. The normalized spacial score (nSPS) is 25.4. The summed E-state index contributed by atoms with van der Waals surface area (Å²) in [5, 5.41) is 6.26. The lowest BCUT2D eigenvalue weighted by Crippen LogP contribution is -2.68. The van der Waals surface area contributed by atoms with Crippen molar-refractivity contribution < 1.29 is 9.53 Å². The molecular formula is C16H25N3O2S. The largest absolute Gasteiger partial charge is 0.378 e. The minimum atomic E-state index is -0.00289. The summed E-state index contributed by atoms with van der Waals surface area (Å²) in [4.78, 5) is 18.5. The molecule has 2 saturated carbocycles. The van der Waals surface area contributed by atoms with Gasteiger partial charge in [-0.2, -0.15) is 0 Å². The number of rotatable bonds is 5. The maximum absolute atomic E-state index is 12.4. The van der Waals surface area contributed by atoms with E-state index in [0.29, 0.717) is 12.6 Å². The van der Waals surface area contributed by atoms with Gasteiger partial charge >= 0.3 is 6.03 Å². The van der Waals surface area contributed by atoms with Gasteiger partial charge in [0, 0.05) is 30.5 Å². The van der Waals surface area contributed by atoms with Gasteiger partial charge in [0.15, 0.2) is 0 Å². The Balaban J connectivity index is 1.53. The van der Waals surface area contributed by atoms with Gasteiger partial charge < -0.3 is 15.0 Å². The zero-order valence-corrected chi connectivity index (χ0v) is 14.4. The van der Waals surface area contributed by atoms with E-state index in [0.717, 1.165) is 23.7 Å². The molecule has 2 unspecified atom stereocenters. The SMILES string of the molecule is CCOC1CC(NC(=O)N(C)Cc2csc(C)n2)C12CCC2. The highest BCUT2D eigenvalue weighted by Gasteiger charge is 2.59. The first kappa shape index (κ1) is 15.7. The average molecular weight is 323 g/mol. The van der Waals surface area contributed by atoms with E-state index in [4.69, 9.17) is 4.74 Å². The van der Waals surface area contributed by atoms with Crippen molar-refractivity contribution in [3.05, 3.63) is 16.1 Å². The Bertz CT molecular complexity index is 541. The Hall–Kier alpha value is -1.14. The molecule has 2 amide bonds. The highest BCUT2D eigenvalue weighted by atomic mass is 32.1. The van der Waals surface area contributed by atoms with Crippen LogP contribution in [0.2, 0.25) is 0 Å². The second-order valence-corrected chi connectivity index (χ2v) is 7.54. The number of thiazole rings is 1. The first-order chi connectivity index (χ1) is 10.5. The fourth-order valence-corrected chi connectivity index (χ4v) is 4.30. The minimum absolute atomic E-state index is 0.00289. The molecule has 0 aromatic carbocycles. The second kappa shape index (κ2) is 6.16. The summed E-state index contributed by atoms with van der Waals surface area (Å²) in [7, 11) is 1.83. The van der Waals surface area contributed by atoms with Crippen LogP contribution in [-0.2, 0) is 11.3 Å². The minimum Gasteiger partial charge on any atom is -0.378 e. The van der Waals surface area contributed by atoms with Gasteiger partial charge in [-0.05, 0) is 33.1 Å². The molecule has 1 aromatic heterocycles. The first-order valence-corrected chi connectivity index (χ1v) is 8.97. The molecule has 1 heterocycles. The van der Waals surface area contributed by atoms with E-state index in [1.165, 1.54) is 19.3 Å². The third-order valence-corrected chi connectivity index (χ3v) is 5.97. The molecule has 0 saturated heterocycles. The standard InChI is InChI=1S/C16H25N3O2S/c1-4-21-14-8-13(16(14)6-5-7-16)18-15(20)19(3)9-12-10-22-11(2)17-12/h10,13-14H,4-9H2,1-3H3,(H,18,20). The van der Waals surface area contributed by atoms with E-state index in [1.807, 2.05) is 26.3 Å². The van der Waals surface area contributed by atoms with Crippen molar-refractivity contribution in [1.82, 2.24) is 15.2 Å². The van der Waals surface area contributed by atoms with Gasteiger partial charge in [0.05, 0.1) is 23.4 Å². The molecule has 122 valence electrons. The van der Waals surface area contributed by atoms with Crippen LogP contribution in [-0.4, -0.2) is 41.7 Å². The summed E-state index contributed by atoms with van der Waals surface area (Å²) >= 11 is 1.62. The molecule has 6 heteroatoms. The Labute approximate surface area is 136 Å². The Morgan fingerprint density at radius 3 is 2.91 bits per heavy atom. The first-order valence-electron chi connectivity index (χ1n) is 8.09. The van der Waals surface area contributed by atoms with E-state index in [1.54, 1.807) is 16.2 Å². The summed E-state index contributed by atoms with van der Waals surface area (Å²) in [6.07, 6.45) is 4.89. The Morgan fingerprint density at radius 2 is 2.36 bits per heavy atom. The zero-order chi connectivity index (χ0) is 15.7. The molecule has 1 N–H and O–H groups in total. The third kappa shape index (κ3) is 2.74. The summed E-state index contributed by atoms with van der Waals surface area (Å²) in [6, 6.07) is 0.266. The van der Waals surface area contributed by atoms with Crippen molar-refractivity contribution >= 4 is 17.4 Å². The summed E-state index contributed by atoms with van der Waals surface area (Å²) in [5.74, 6) is 0. The van der Waals surface area contributed by atoms with Crippen molar-refractivity contribution in [3.63, 3.8) is 0 Å². The Kier molecular flexibility index (Phi) is 4.41. The molecule has 2 fully saturated rings. The Morgan fingerprint density at radius 1 is 1.59 bits per heavy atom. The number of hydrogen-bond acceptors (Lipinski definition) is 4. The molecule has 1 spiro atoms. The van der Waals surface area contributed by atoms with Gasteiger partial charge in [-0.15, -0.1) is 11.3 Å². The third-order valence-electron chi connectivity index (χ3n) is 5.15. The van der Waals surface area contributed by atoms with Gasteiger partial charge in [0.1, 0.15) is 0 Å². The van der Waals surface area contributed by atoms with Crippen LogP contribution in [0.5, 0.6) is 0 Å². The highest BCUT2D eigenvalue weighted by Crippen LogP contribution is 2.57. The number of ether oxygens (including phenoxy) is 1. The fraction of sp³-hybridized carbons (Fsp3) is 0.750. The molecule has 5 nitrogen and oxygen atoms in total. The van der Waals surface area contributed by atoms with Crippen LogP contribution < -0.4 is 5.32 Å². The monoisotopic (exact) mass is 323 g/mol. The van der Waals surface area contributed by atoms with E-state index in [-0.39, 0.29) is 17.5 Å². The van der Waals surface area contributed by atoms with Crippen molar-refractivity contribution in [3.8, 4) is 0 Å². The fourth-order valence-electron chi connectivity index (χ4n) is 3.70. The quantitative estimate of drug-likeness (QED) is 0.906. The van der Waals surface area contributed by atoms with Crippen LogP contribution >= 0.6 is 11.3 Å². The van der Waals surface area contributed by atoms with E-state index in [9.17, 15) is 4.79 Å². The maximum Gasteiger partial charge on any atom is 0.317 e. The van der Waals surface area contributed by atoms with Crippen LogP contribution in [0.3, 0.4) is 0 Å². The van der Waals surface area contributed by atoms with Crippen molar-refractivity contribution in [1.29, 1.82) is 0 Å². The molecule has 2 atom stereocenters. The number of hydrogen-bond donors (Lipinski definition) is 1. The van der Waals surface area contributed by atoms with Crippen molar-refractivity contribution in [2.45, 2.75) is 58.2 Å². The van der Waals surface area contributed by atoms with E-state index >= 15 is 0 Å². The van der Waals surface area contributed by atoms with E-state index in [2.05, 4.69) is 10.3 Å². The van der Waals surface area contributed by atoms with Gasteiger partial charge in [0.25, 0.3) is 0 Å². The number of nitrogens with zero attached hydrogens (tertiary/aromatic N) is 2. The number of urea groups is 1. The molecule has 0 radical (unpaired) electrons. The van der Waals surface area contributed by atoms with Crippen LogP contribution in [0.1, 0.15) is 43.3 Å². The number of nitrogens with one attached hydrogen (secondary N) is 1. The molecular weight excluding hydrogens is 298 g/mol. The predicted molar refractivity (Wildman–Crippen MR) is 87.0 cm³/mol. The van der Waals surface area contributed by atoms with Crippen molar-refractivity contribution in [2.24, 2.45) is 5.41 Å². The smallest absolute Gasteiger partial charge is 0.317 e. The number of aryl methyl sites for hydroxylation is 1. The molecule has 2 aliphatic rings. The second-order valence-electron chi connectivity index (χ2n) is 6.48. The topological polar surface area (TPSA) is 54.5 Å². The molecule has 2 aliphatic carbocycles. The van der Waals surface area contributed by atoms with Crippen LogP contribution in [0, 0.1) is 12.3 Å². The summed E-state index contributed by atoms with van der Waals surface area (Å²) < 4.78 is 5.83. The number of aromatic nitrogens is 1. The van der Waals surface area contributed by atoms with E-state index < -0.39 is 0 Å².